The largest absolute Gasteiger partial charge is 0.278 e. The topological polar surface area (TPSA) is 48.5 Å². The first-order chi connectivity index (χ1) is 22.2. The zero-order valence-corrected chi connectivity index (χ0v) is 24.8. The molecule has 214 valence electrons. The number of para-hydroxylation sites is 2. The number of aryl methyl sites for hydroxylation is 1. The molecule has 0 aliphatic heterocycles. The maximum absolute atomic E-state index is 5.23. The van der Waals surface area contributed by atoms with Crippen LogP contribution in [0.25, 0.3) is 73.2 Å². The number of hydrogen-bond donors (Lipinski definition) is 0. The highest BCUT2D eigenvalue weighted by Gasteiger charge is 2.21. The van der Waals surface area contributed by atoms with Gasteiger partial charge in [-0.05, 0) is 54.0 Å². The Hall–Kier alpha value is -6.07. The maximum Gasteiger partial charge on any atom is 0.240 e. The summed E-state index contributed by atoms with van der Waals surface area (Å²) in [6.45, 7) is 6.04. The molecule has 45 heavy (non-hydrogen) atoms. The minimum absolute atomic E-state index is 0.554. The third kappa shape index (κ3) is 4.45. The molecule has 0 spiro atoms. The van der Waals surface area contributed by atoms with E-state index >= 15 is 0 Å². The van der Waals surface area contributed by atoms with Crippen molar-refractivity contribution >= 4 is 38.8 Å². The molecule has 8 aromatic rings. The third-order valence-electron chi connectivity index (χ3n) is 8.39. The summed E-state index contributed by atoms with van der Waals surface area (Å²) in [5.41, 5.74) is 8.52. The minimum Gasteiger partial charge on any atom is -0.278 e. The number of aromatic nitrogens is 5. The molecule has 0 saturated heterocycles. The molecule has 3 heterocycles. The van der Waals surface area contributed by atoms with Crippen molar-refractivity contribution in [2.24, 2.45) is 0 Å². The third-order valence-corrected chi connectivity index (χ3v) is 8.39. The average Bonchev–Trinajstić information content (AvgIpc) is 3.59. The monoisotopic (exact) mass is 579 g/mol. The van der Waals surface area contributed by atoms with E-state index in [1.807, 2.05) is 42.5 Å². The SMILES string of the molecule is C=C/C=C\c1c(C)c2ccccc2n1-c1nc(-c2ccccc2)nc(-n2c3ccccc3c3cc(-c4ccccc4)ccc32)n1. The Morgan fingerprint density at radius 2 is 1.11 bits per heavy atom. The number of nitrogens with zero attached hydrogens (tertiary/aromatic N) is 5. The first-order valence-corrected chi connectivity index (χ1v) is 15.0. The van der Waals surface area contributed by atoms with Crippen LogP contribution in [0.4, 0.5) is 0 Å². The van der Waals surface area contributed by atoms with E-state index in [9.17, 15) is 0 Å². The summed E-state index contributed by atoms with van der Waals surface area (Å²) in [6, 6.07) is 44.1. The van der Waals surface area contributed by atoms with E-state index in [2.05, 4.69) is 120 Å². The van der Waals surface area contributed by atoms with Crippen LogP contribution >= 0.6 is 0 Å². The van der Waals surface area contributed by atoms with Crippen molar-refractivity contribution in [3.63, 3.8) is 0 Å². The zero-order valence-electron chi connectivity index (χ0n) is 24.8. The molecule has 5 heteroatoms. The molecular weight excluding hydrogens is 550 g/mol. The highest BCUT2D eigenvalue weighted by atomic mass is 15.3. The Morgan fingerprint density at radius 1 is 0.533 bits per heavy atom. The van der Waals surface area contributed by atoms with Crippen LogP contribution in [0.1, 0.15) is 11.3 Å². The molecule has 8 rings (SSSR count). The summed E-state index contributed by atoms with van der Waals surface area (Å²) in [6.07, 6.45) is 5.81. The van der Waals surface area contributed by atoms with Crippen LogP contribution in [0.2, 0.25) is 0 Å². The van der Waals surface area contributed by atoms with Crippen LogP contribution in [0.15, 0.2) is 146 Å². The molecule has 0 N–H and O–H groups in total. The van der Waals surface area contributed by atoms with Gasteiger partial charge in [0, 0.05) is 21.7 Å². The predicted octanol–water partition coefficient (Wildman–Crippen LogP) is 9.75. The van der Waals surface area contributed by atoms with Crippen LogP contribution in [0.3, 0.4) is 0 Å². The zero-order chi connectivity index (χ0) is 30.3. The lowest BCUT2D eigenvalue weighted by atomic mass is 10.0. The second-order valence-electron chi connectivity index (χ2n) is 11.0. The summed E-state index contributed by atoms with van der Waals surface area (Å²) in [5.74, 6) is 1.72. The van der Waals surface area contributed by atoms with Gasteiger partial charge in [-0.15, -0.1) is 0 Å². The van der Waals surface area contributed by atoms with E-state index in [1.54, 1.807) is 6.08 Å². The second-order valence-corrected chi connectivity index (χ2v) is 11.0. The minimum atomic E-state index is 0.554. The van der Waals surface area contributed by atoms with Gasteiger partial charge in [-0.2, -0.15) is 15.0 Å². The fourth-order valence-corrected chi connectivity index (χ4v) is 6.26. The van der Waals surface area contributed by atoms with Crippen molar-refractivity contribution in [2.45, 2.75) is 6.92 Å². The van der Waals surface area contributed by atoms with Crippen molar-refractivity contribution < 1.29 is 0 Å². The molecule has 0 bridgehead atoms. The summed E-state index contributed by atoms with van der Waals surface area (Å²) in [5, 5.41) is 3.44. The first kappa shape index (κ1) is 26.5. The molecule has 0 fully saturated rings. The number of benzene rings is 5. The summed E-state index contributed by atoms with van der Waals surface area (Å²) in [7, 11) is 0. The van der Waals surface area contributed by atoms with Crippen LogP contribution < -0.4 is 0 Å². The van der Waals surface area contributed by atoms with E-state index in [-0.39, 0.29) is 0 Å². The van der Waals surface area contributed by atoms with Gasteiger partial charge in [0.15, 0.2) is 5.82 Å². The van der Waals surface area contributed by atoms with Gasteiger partial charge in [-0.3, -0.25) is 9.13 Å². The quantitative estimate of drug-likeness (QED) is 0.184. The standard InChI is InChI=1S/C40H29N5/c1-3-4-21-34-27(2)31-19-11-13-22-35(31)44(34)39-41-38(29-17-9-6-10-18-29)42-40(43-39)45-36-23-14-12-20-32(36)33-26-30(24-25-37(33)45)28-15-7-5-8-16-28/h3-26H,1H2,2H3/b21-4-. The lowest BCUT2D eigenvalue weighted by molar-refractivity contribution is 0.876. The number of fused-ring (bicyclic) bond motifs is 4. The Bertz CT molecular complexity index is 2400. The first-order valence-electron chi connectivity index (χ1n) is 15.0. The van der Waals surface area contributed by atoms with Crippen molar-refractivity contribution in [3.8, 4) is 34.4 Å². The summed E-state index contributed by atoms with van der Waals surface area (Å²) in [4.78, 5) is 15.5. The Labute approximate surface area is 261 Å². The molecule has 5 nitrogen and oxygen atoms in total. The molecular formula is C40H29N5. The van der Waals surface area contributed by atoms with Gasteiger partial charge < -0.3 is 0 Å². The van der Waals surface area contributed by atoms with E-state index in [4.69, 9.17) is 15.0 Å². The van der Waals surface area contributed by atoms with Gasteiger partial charge in [0.2, 0.25) is 11.9 Å². The Kier molecular flexibility index (Phi) is 6.42. The number of allylic oxidation sites excluding steroid dienone is 2. The smallest absolute Gasteiger partial charge is 0.240 e. The van der Waals surface area contributed by atoms with Gasteiger partial charge >= 0.3 is 0 Å². The van der Waals surface area contributed by atoms with E-state index < -0.39 is 0 Å². The summed E-state index contributed by atoms with van der Waals surface area (Å²) >= 11 is 0. The fourth-order valence-electron chi connectivity index (χ4n) is 6.26. The van der Waals surface area contributed by atoms with Crippen molar-refractivity contribution in [1.82, 2.24) is 24.1 Å². The van der Waals surface area contributed by atoms with Crippen LogP contribution in [0, 0.1) is 6.92 Å². The van der Waals surface area contributed by atoms with Gasteiger partial charge in [0.1, 0.15) is 0 Å². The fraction of sp³-hybridized carbons (Fsp3) is 0.0250. The van der Waals surface area contributed by atoms with E-state index in [0.717, 1.165) is 49.5 Å². The predicted molar refractivity (Wildman–Crippen MR) is 186 cm³/mol. The normalized spacial score (nSPS) is 11.7. The Morgan fingerprint density at radius 3 is 1.82 bits per heavy atom. The van der Waals surface area contributed by atoms with Gasteiger partial charge in [-0.1, -0.05) is 122 Å². The molecule has 0 unspecified atom stereocenters. The van der Waals surface area contributed by atoms with Gasteiger partial charge in [-0.25, -0.2) is 0 Å². The molecule has 3 aromatic heterocycles. The summed E-state index contributed by atoms with van der Waals surface area (Å²) < 4.78 is 4.29. The lowest BCUT2D eigenvalue weighted by Gasteiger charge is -2.13. The molecule has 0 radical (unpaired) electrons. The molecule has 5 aromatic carbocycles. The number of hydrogen-bond acceptors (Lipinski definition) is 3. The molecule has 0 amide bonds. The van der Waals surface area contributed by atoms with Gasteiger partial charge in [0.05, 0.1) is 22.2 Å². The van der Waals surface area contributed by atoms with Crippen molar-refractivity contribution in [2.75, 3.05) is 0 Å². The highest BCUT2D eigenvalue weighted by molar-refractivity contribution is 6.10. The van der Waals surface area contributed by atoms with Crippen LogP contribution in [0.5, 0.6) is 0 Å². The van der Waals surface area contributed by atoms with Crippen molar-refractivity contribution in [1.29, 1.82) is 0 Å². The van der Waals surface area contributed by atoms with Crippen molar-refractivity contribution in [3.05, 3.63) is 157 Å². The lowest BCUT2D eigenvalue weighted by Crippen LogP contribution is -2.11. The van der Waals surface area contributed by atoms with Crippen LogP contribution in [-0.2, 0) is 0 Å². The average molecular weight is 580 g/mol. The molecule has 0 atom stereocenters. The highest BCUT2D eigenvalue weighted by Crippen LogP contribution is 2.35. The molecule has 0 saturated carbocycles. The second kappa shape index (κ2) is 10.9. The molecule has 0 aliphatic rings. The van der Waals surface area contributed by atoms with E-state index in [0.29, 0.717) is 17.7 Å². The van der Waals surface area contributed by atoms with Gasteiger partial charge in [0.25, 0.3) is 0 Å². The van der Waals surface area contributed by atoms with E-state index in [1.165, 1.54) is 11.1 Å². The maximum atomic E-state index is 5.23. The Balaban J connectivity index is 1.45. The van der Waals surface area contributed by atoms with Crippen LogP contribution in [-0.4, -0.2) is 24.1 Å². The molecule has 0 aliphatic carbocycles. The number of rotatable bonds is 6.